The van der Waals surface area contributed by atoms with Crippen molar-refractivity contribution in [3.8, 4) is 0 Å². The van der Waals surface area contributed by atoms with Crippen LogP contribution in [0.1, 0.15) is 15.9 Å². The van der Waals surface area contributed by atoms with E-state index in [1.165, 1.54) is 17.1 Å². The predicted octanol–water partition coefficient (Wildman–Crippen LogP) is 4.00. The number of rotatable bonds is 5. The normalized spacial score (nSPS) is 11.4. The summed E-state index contributed by atoms with van der Waals surface area (Å²) in [6.45, 7) is 0.532. The molecular weight excluding hydrogens is 362 g/mol. The van der Waals surface area contributed by atoms with Gasteiger partial charge in [0.2, 0.25) is 5.96 Å². The summed E-state index contributed by atoms with van der Waals surface area (Å²) in [6, 6.07) is 21.3. The molecule has 0 fully saturated rings. The summed E-state index contributed by atoms with van der Waals surface area (Å²) < 4.78 is 0. The summed E-state index contributed by atoms with van der Waals surface area (Å²) in [6.07, 6.45) is 5.93. The summed E-state index contributed by atoms with van der Waals surface area (Å²) in [4.78, 5) is 24.4. The summed E-state index contributed by atoms with van der Waals surface area (Å²) in [5, 5.41) is 7.23. The predicted molar refractivity (Wildman–Crippen MR) is 116 cm³/mol. The molecule has 2 aromatic heterocycles. The van der Waals surface area contributed by atoms with E-state index in [4.69, 9.17) is 0 Å². The largest absolute Gasteiger partial charge is 0.361 e. The van der Waals surface area contributed by atoms with E-state index in [-0.39, 0.29) is 5.91 Å². The molecule has 0 saturated carbocycles. The molecule has 1 amide bonds. The molecule has 2 heterocycles. The molecule has 2 aromatic carbocycles. The smallest absolute Gasteiger partial charge is 0.259 e. The van der Waals surface area contributed by atoms with Crippen molar-refractivity contribution in [2.24, 2.45) is 4.99 Å². The van der Waals surface area contributed by atoms with Crippen LogP contribution < -0.4 is 10.6 Å². The molecule has 4 aromatic rings. The van der Waals surface area contributed by atoms with Gasteiger partial charge in [-0.25, -0.2) is 0 Å². The lowest BCUT2D eigenvalue weighted by Gasteiger charge is -2.11. The minimum Gasteiger partial charge on any atom is -0.361 e. The quantitative estimate of drug-likeness (QED) is 0.360. The standard InChI is InChI=1S/C23H21N5O/c29-22(18-7-6-13-24-15-18)28-23(27-19-8-2-1-3-9-19)25-14-12-17-16-26-21-11-5-4-10-20(17)21/h1-11,13,15-16,26H,12,14H2,(H2,25,27,28,29). The van der Waals surface area contributed by atoms with Crippen LogP contribution >= 0.6 is 0 Å². The van der Waals surface area contributed by atoms with Gasteiger partial charge in [-0.1, -0.05) is 36.4 Å². The second kappa shape index (κ2) is 8.84. The number of carbonyl (C=O) groups excluding carboxylic acids is 1. The number of H-pyrrole nitrogens is 1. The molecule has 0 radical (unpaired) electrons. The van der Waals surface area contributed by atoms with E-state index in [1.807, 2.05) is 48.7 Å². The number of anilines is 1. The van der Waals surface area contributed by atoms with Crippen molar-refractivity contribution in [1.29, 1.82) is 0 Å². The van der Waals surface area contributed by atoms with Crippen LogP contribution in [-0.2, 0) is 6.42 Å². The Kier molecular flexibility index (Phi) is 5.62. The number of pyridine rings is 1. The maximum Gasteiger partial charge on any atom is 0.259 e. The van der Waals surface area contributed by atoms with Crippen molar-refractivity contribution < 1.29 is 4.79 Å². The Morgan fingerprint density at radius 1 is 1.00 bits per heavy atom. The lowest BCUT2D eigenvalue weighted by molar-refractivity contribution is 0.0976. The second-order valence-electron chi connectivity index (χ2n) is 6.53. The number of aliphatic imine (C=N–C) groups is 1. The highest BCUT2D eigenvalue weighted by Crippen LogP contribution is 2.18. The van der Waals surface area contributed by atoms with Crippen LogP contribution in [-0.4, -0.2) is 28.4 Å². The third-order valence-electron chi connectivity index (χ3n) is 4.52. The zero-order valence-corrected chi connectivity index (χ0v) is 15.8. The minimum atomic E-state index is -0.257. The molecular formula is C23H21N5O. The average Bonchev–Trinajstić information content (AvgIpc) is 3.18. The molecule has 0 spiro atoms. The Labute approximate surface area is 168 Å². The number of benzene rings is 2. The number of para-hydroxylation sites is 2. The number of carbonyl (C=O) groups is 1. The highest BCUT2D eigenvalue weighted by molar-refractivity contribution is 6.09. The Balaban J connectivity index is 1.50. The van der Waals surface area contributed by atoms with Gasteiger partial charge in [-0.3, -0.25) is 20.1 Å². The van der Waals surface area contributed by atoms with Gasteiger partial charge in [0.15, 0.2) is 0 Å². The number of aromatic nitrogens is 2. The van der Waals surface area contributed by atoms with Gasteiger partial charge in [-0.2, -0.15) is 0 Å². The third-order valence-corrected chi connectivity index (χ3v) is 4.52. The first-order valence-corrected chi connectivity index (χ1v) is 9.42. The van der Waals surface area contributed by atoms with Gasteiger partial charge in [0, 0.05) is 41.7 Å². The number of amides is 1. The average molecular weight is 383 g/mol. The Bertz CT molecular complexity index is 1120. The number of nitrogens with zero attached hydrogens (tertiary/aromatic N) is 2. The molecule has 0 atom stereocenters. The highest BCUT2D eigenvalue weighted by atomic mass is 16.1. The van der Waals surface area contributed by atoms with E-state index in [1.54, 1.807) is 18.3 Å². The Hall–Kier alpha value is -3.93. The molecule has 6 heteroatoms. The van der Waals surface area contributed by atoms with Crippen molar-refractivity contribution in [2.75, 3.05) is 11.9 Å². The molecule has 0 bridgehead atoms. The van der Waals surface area contributed by atoms with Crippen LogP contribution in [0.3, 0.4) is 0 Å². The molecule has 4 rings (SSSR count). The van der Waals surface area contributed by atoms with E-state index in [0.717, 1.165) is 17.6 Å². The first-order chi connectivity index (χ1) is 14.3. The number of hydrogen-bond donors (Lipinski definition) is 3. The van der Waals surface area contributed by atoms with Crippen molar-refractivity contribution in [2.45, 2.75) is 6.42 Å². The van der Waals surface area contributed by atoms with E-state index >= 15 is 0 Å². The number of fused-ring (bicyclic) bond motifs is 1. The van der Waals surface area contributed by atoms with Crippen LogP contribution in [0.5, 0.6) is 0 Å². The number of nitrogens with one attached hydrogen (secondary N) is 3. The van der Waals surface area contributed by atoms with Gasteiger partial charge >= 0.3 is 0 Å². The molecule has 29 heavy (non-hydrogen) atoms. The summed E-state index contributed by atoms with van der Waals surface area (Å²) >= 11 is 0. The van der Waals surface area contributed by atoms with Crippen LogP contribution in [0.4, 0.5) is 5.69 Å². The van der Waals surface area contributed by atoms with Crippen LogP contribution in [0, 0.1) is 0 Å². The fourth-order valence-electron chi connectivity index (χ4n) is 3.07. The molecule has 0 aliphatic rings. The van der Waals surface area contributed by atoms with Crippen LogP contribution in [0.2, 0.25) is 0 Å². The zero-order valence-electron chi connectivity index (χ0n) is 15.8. The minimum absolute atomic E-state index is 0.257. The Morgan fingerprint density at radius 3 is 2.66 bits per heavy atom. The van der Waals surface area contributed by atoms with Crippen LogP contribution in [0.25, 0.3) is 10.9 Å². The van der Waals surface area contributed by atoms with E-state index in [9.17, 15) is 4.79 Å². The van der Waals surface area contributed by atoms with Gasteiger partial charge < -0.3 is 10.3 Å². The molecule has 144 valence electrons. The molecule has 0 aliphatic carbocycles. The molecule has 3 N–H and O–H groups in total. The van der Waals surface area contributed by atoms with Crippen molar-refractivity contribution in [1.82, 2.24) is 15.3 Å². The molecule has 0 unspecified atom stereocenters. The van der Waals surface area contributed by atoms with Gasteiger partial charge in [-0.05, 0) is 42.3 Å². The number of hydrogen-bond acceptors (Lipinski definition) is 3. The van der Waals surface area contributed by atoms with Crippen LogP contribution in [0.15, 0.2) is 90.3 Å². The maximum atomic E-state index is 12.5. The van der Waals surface area contributed by atoms with E-state index < -0.39 is 0 Å². The van der Waals surface area contributed by atoms with Gasteiger partial charge in [0.25, 0.3) is 5.91 Å². The third kappa shape index (κ3) is 4.68. The maximum absolute atomic E-state index is 12.5. The van der Waals surface area contributed by atoms with Crippen molar-refractivity contribution in [3.05, 3.63) is 96.4 Å². The Morgan fingerprint density at radius 2 is 1.83 bits per heavy atom. The highest BCUT2D eigenvalue weighted by Gasteiger charge is 2.10. The molecule has 0 saturated heterocycles. The number of guanidine groups is 1. The fraction of sp³-hybridized carbons (Fsp3) is 0.0870. The van der Waals surface area contributed by atoms with E-state index in [2.05, 4.69) is 37.7 Å². The summed E-state index contributed by atoms with van der Waals surface area (Å²) in [5.41, 5.74) is 3.64. The SMILES string of the molecule is O=C(NC(=NCCc1c[nH]c2ccccc12)Nc1ccccc1)c1cccnc1. The van der Waals surface area contributed by atoms with Gasteiger partial charge in [0.05, 0.1) is 5.56 Å². The number of aromatic amines is 1. The van der Waals surface area contributed by atoms with Crippen molar-refractivity contribution in [3.63, 3.8) is 0 Å². The summed E-state index contributed by atoms with van der Waals surface area (Å²) in [7, 11) is 0. The molecule has 6 nitrogen and oxygen atoms in total. The van der Waals surface area contributed by atoms with E-state index in [0.29, 0.717) is 18.1 Å². The second-order valence-corrected chi connectivity index (χ2v) is 6.53. The van der Waals surface area contributed by atoms with Gasteiger partial charge in [-0.15, -0.1) is 0 Å². The van der Waals surface area contributed by atoms with Crippen molar-refractivity contribution >= 4 is 28.5 Å². The lowest BCUT2D eigenvalue weighted by Crippen LogP contribution is -2.36. The topological polar surface area (TPSA) is 82.2 Å². The lowest BCUT2D eigenvalue weighted by atomic mass is 10.1. The van der Waals surface area contributed by atoms with Gasteiger partial charge in [0.1, 0.15) is 0 Å². The summed E-state index contributed by atoms with van der Waals surface area (Å²) in [5.74, 6) is 0.150. The monoisotopic (exact) mass is 383 g/mol. The first kappa shape index (κ1) is 18.4. The first-order valence-electron chi connectivity index (χ1n) is 9.42. The fourth-order valence-corrected chi connectivity index (χ4v) is 3.07. The molecule has 0 aliphatic heterocycles. The zero-order chi connectivity index (χ0) is 19.9.